The summed E-state index contributed by atoms with van der Waals surface area (Å²) in [4.78, 5) is 13.7. The van der Waals surface area contributed by atoms with Gasteiger partial charge >= 0.3 is 16.3 Å². The average molecular weight is 337 g/mol. The Morgan fingerprint density at radius 2 is 1.95 bits per heavy atom. The topological polar surface area (TPSA) is 72.9 Å². The highest BCUT2D eigenvalue weighted by atomic mass is 32.3. The summed E-state index contributed by atoms with van der Waals surface area (Å²) in [6.45, 7) is 6.99. The van der Waals surface area contributed by atoms with Crippen LogP contribution in [0.1, 0.15) is 40.0 Å². The molecule has 2 aliphatic rings. The number of amides is 1. The van der Waals surface area contributed by atoms with Gasteiger partial charge in [0.15, 0.2) is 0 Å². The van der Waals surface area contributed by atoms with E-state index in [9.17, 15) is 17.1 Å². The zero-order valence-corrected chi connectivity index (χ0v) is 14.1. The van der Waals surface area contributed by atoms with E-state index >= 15 is 0 Å². The van der Waals surface area contributed by atoms with Gasteiger partial charge in [0.25, 0.3) is 0 Å². The van der Waals surface area contributed by atoms with E-state index < -0.39 is 27.7 Å². The first-order valence-electron chi connectivity index (χ1n) is 7.50. The normalized spacial score (nSPS) is 25.5. The molecule has 22 heavy (non-hydrogen) atoms. The van der Waals surface area contributed by atoms with Crippen LogP contribution >= 0.6 is 0 Å². The lowest BCUT2D eigenvalue weighted by Gasteiger charge is -2.38. The van der Waals surface area contributed by atoms with Crippen molar-refractivity contribution < 1.29 is 26.6 Å². The van der Waals surface area contributed by atoms with Crippen molar-refractivity contribution in [2.75, 3.05) is 25.4 Å². The number of hydrogen-bond donors (Lipinski definition) is 0. The van der Waals surface area contributed by atoms with E-state index in [2.05, 4.69) is 0 Å². The van der Waals surface area contributed by atoms with E-state index in [1.165, 1.54) is 0 Å². The Balaban J connectivity index is 1.86. The molecule has 0 radical (unpaired) electrons. The zero-order valence-electron chi connectivity index (χ0n) is 13.3. The molecule has 128 valence electrons. The molecule has 8 heteroatoms. The van der Waals surface area contributed by atoms with Crippen molar-refractivity contribution in [2.24, 2.45) is 5.41 Å². The standard InChI is InChI=1S/C14H24FNO5S/c1-13(2,3)21-12(17)16-6-4-14(5-7-16)8-11(20-10-14)9-22(15,18)19/h11H,4-10H2,1-3H3. The number of carbonyl (C=O) groups excluding carboxylic acids is 1. The van der Waals surface area contributed by atoms with E-state index in [-0.39, 0.29) is 11.5 Å². The van der Waals surface area contributed by atoms with E-state index in [1.807, 2.05) is 20.8 Å². The van der Waals surface area contributed by atoms with Gasteiger partial charge in [0.05, 0.1) is 12.7 Å². The van der Waals surface area contributed by atoms with Crippen LogP contribution in [0.15, 0.2) is 0 Å². The molecule has 1 spiro atoms. The molecule has 2 rings (SSSR count). The maximum Gasteiger partial charge on any atom is 0.410 e. The highest BCUT2D eigenvalue weighted by Crippen LogP contribution is 2.42. The van der Waals surface area contributed by atoms with E-state index in [4.69, 9.17) is 9.47 Å². The van der Waals surface area contributed by atoms with Crippen LogP contribution in [0.4, 0.5) is 8.68 Å². The Labute approximate surface area is 131 Å². The van der Waals surface area contributed by atoms with Gasteiger partial charge in [-0.2, -0.15) is 8.42 Å². The summed E-state index contributed by atoms with van der Waals surface area (Å²) in [5.74, 6) is -0.579. The minimum absolute atomic E-state index is 0.145. The fourth-order valence-corrected chi connectivity index (χ4v) is 3.72. The molecular weight excluding hydrogens is 313 g/mol. The smallest absolute Gasteiger partial charge is 0.410 e. The van der Waals surface area contributed by atoms with Crippen molar-refractivity contribution in [1.29, 1.82) is 0 Å². The first-order valence-corrected chi connectivity index (χ1v) is 9.05. The predicted molar refractivity (Wildman–Crippen MR) is 78.7 cm³/mol. The minimum Gasteiger partial charge on any atom is -0.444 e. The van der Waals surface area contributed by atoms with E-state index in [1.54, 1.807) is 4.90 Å². The molecule has 0 saturated carbocycles. The molecular formula is C14H24FNO5S. The van der Waals surface area contributed by atoms with Gasteiger partial charge in [-0.05, 0) is 45.4 Å². The minimum atomic E-state index is -4.52. The molecule has 2 heterocycles. The van der Waals surface area contributed by atoms with Gasteiger partial charge in [-0.1, -0.05) is 0 Å². The average Bonchev–Trinajstić information content (AvgIpc) is 2.68. The lowest BCUT2D eigenvalue weighted by molar-refractivity contribution is 0.00800. The van der Waals surface area contributed by atoms with Gasteiger partial charge in [0.1, 0.15) is 11.4 Å². The Bertz CT molecular complexity index is 520. The third kappa shape index (κ3) is 4.81. The summed E-state index contributed by atoms with van der Waals surface area (Å²) in [6.07, 6.45) is 1.05. The van der Waals surface area contributed by atoms with Crippen molar-refractivity contribution in [3.63, 3.8) is 0 Å². The molecule has 0 aromatic heterocycles. The molecule has 1 unspecified atom stereocenters. The lowest BCUT2D eigenvalue weighted by Crippen LogP contribution is -2.45. The second kappa shape index (κ2) is 5.96. The summed E-state index contributed by atoms with van der Waals surface area (Å²) < 4.78 is 45.0. The largest absolute Gasteiger partial charge is 0.444 e. The van der Waals surface area contributed by atoms with Gasteiger partial charge in [0.2, 0.25) is 0 Å². The highest BCUT2D eigenvalue weighted by molar-refractivity contribution is 7.86. The van der Waals surface area contributed by atoms with Gasteiger partial charge < -0.3 is 14.4 Å². The molecule has 0 aliphatic carbocycles. The molecule has 1 amide bonds. The van der Waals surface area contributed by atoms with Gasteiger partial charge in [0, 0.05) is 13.1 Å². The first-order chi connectivity index (χ1) is 9.98. The number of likely N-dealkylation sites (tertiary alicyclic amines) is 1. The number of piperidine rings is 1. The Morgan fingerprint density at radius 1 is 1.36 bits per heavy atom. The summed E-state index contributed by atoms with van der Waals surface area (Å²) in [5, 5.41) is 0. The van der Waals surface area contributed by atoms with Gasteiger partial charge in [-0.3, -0.25) is 0 Å². The highest BCUT2D eigenvalue weighted by Gasteiger charge is 2.44. The number of carbonyl (C=O) groups is 1. The van der Waals surface area contributed by atoms with Crippen LogP contribution in [0, 0.1) is 5.41 Å². The first kappa shape index (κ1) is 17.5. The van der Waals surface area contributed by atoms with Crippen LogP contribution in [0.5, 0.6) is 0 Å². The maximum absolute atomic E-state index is 12.7. The number of halogens is 1. The SMILES string of the molecule is CC(C)(C)OC(=O)N1CCC2(CC1)COC(CS(=O)(=O)F)C2. The molecule has 0 aromatic rings. The fraction of sp³-hybridized carbons (Fsp3) is 0.929. The Hall–Kier alpha value is -0.890. The molecule has 0 aromatic carbocycles. The monoisotopic (exact) mass is 337 g/mol. The molecule has 0 N–H and O–H groups in total. The van der Waals surface area contributed by atoms with Crippen molar-refractivity contribution >= 4 is 16.3 Å². The Morgan fingerprint density at radius 3 is 2.45 bits per heavy atom. The predicted octanol–water partition coefficient (Wildman–Crippen LogP) is 2.09. The number of rotatable bonds is 2. The van der Waals surface area contributed by atoms with Gasteiger partial charge in [-0.15, -0.1) is 3.89 Å². The van der Waals surface area contributed by atoms with Crippen molar-refractivity contribution in [3.8, 4) is 0 Å². The number of hydrogen-bond acceptors (Lipinski definition) is 5. The molecule has 2 saturated heterocycles. The van der Waals surface area contributed by atoms with E-state index in [0.29, 0.717) is 26.1 Å². The molecule has 2 fully saturated rings. The maximum atomic E-state index is 12.7. The van der Waals surface area contributed by atoms with Gasteiger partial charge in [-0.25, -0.2) is 4.79 Å². The summed E-state index contributed by atoms with van der Waals surface area (Å²) in [5.41, 5.74) is -0.670. The van der Waals surface area contributed by atoms with Crippen LogP contribution in [0.2, 0.25) is 0 Å². The summed E-state index contributed by atoms with van der Waals surface area (Å²) in [7, 11) is -4.52. The van der Waals surface area contributed by atoms with Crippen LogP contribution in [-0.4, -0.2) is 56.6 Å². The van der Waals surface area contributed by atoms with Crippen LogP contribution in [0.25, 0.3) is 0 Å². The number of nitrogens with zero attached hydrogens (tertiary/aromatic N) is 1. The third-order valence-corrected chi connectivity index (χ3v) is 4.92. The third-order valence-electron chi connectivity index (χ3n) is 4.15. The lowest BCUT2D eigenvalue weighted by atomic mass is 9.77. The van der Waals surface area contributed by atoms with Crippen molar-refractivity contribution in [3.05, 3.63) is 0 Å². The molecule has 1 atom stereocenters. The molecule has 0 bridgehead atoms. The number of ether oxygens (including phenoxy) is 2. The Kier molecular flexibility index (Phi) is 4.73. The summed E-state index contributed by atoms with van der Waals surface area (Å²) in [6, 6.07) is 0. The second-order valence-corrected chi connectivity index (χ2v) is 8.72. The zero-order chi connectivity index (χ0) is 16.6. The van der Waals surface area contributed by atoms with E-state index in [0.717, 1.165) is 12.8 Å². The van der Waals surface area contributed by atoms with Crippen molar-refractivity contribution in [2.45, 2.75) is 51.7 Å². The van der Waals surface area contributed by atoms with Crippen LogP contribution < -0.4 is 0 Å². The van der Waals surface area contributed by atoms with Crippen LogP contribution in [0.3, 0.4) is 0 Å². The second-order valence-electron chi connectivity index (χ2n) is 7.31. The molecule has 6 nitrogen and oxygen atoms in total. The quantitative estimate of drug-likeness (QED) is 0.722. The molecule has 2 aliphatic heterocycles. The van der Waals surface area contributed by atoms with Crippen molar-refractivity contribution in [1.82, 2.24) is 4.90 Å². The van der Waals surface area contributed by atoms with Crippen LogP contribution in [-0.2, 0) is 19.7 Å². The fourth-order valence-electron chi connectivity index (χ4n) is 3.06. The summed E-state index contributed by atoms with van der Waals surface area (Å²) >= 11 is 0.